The zero-order valence-corrected chi connectivity index (χ0v) is 11.0. The van der Waals surface area contributed by atoms with Gasteiger partial charge >= 0.3 is 0 Å². The predicted molar refractivity (Wildman–Crippen MR) is 73.2 cm³/mol. The van der Waals surface area contributed by atoms with Crippen LogP contribution in [0.15, 0.2) is 16.5 Å². The highest BCUT2D eigenvalue weighted by atomic mass is 16.4. The number of nitrogens with one attached hydrogen (secondary N) is 1. The number of hydrogen-bond acceptors (Lipinski definition) is 4. The van der Waals surface area contributed by atoms with Gasteiger partial charge in [-0.25, -0.2) is 0 Å². The molecule has 4 nitrogen and oxygen atoms in total. The number of nitrogens with zero attached hydrogens (tertiary/aromatic N) is 2. The van der Waals surface area contributed by atoms with Gasteiger partial charge in [-0.2, -0.15) is 4.98 Å². The number of anilines is 1. The first kappa shape index (κ1) is 11.5. The highest BCUT2D eigenvalue weighted by molar-refractivity contribution is 5.76. The van der Waals surface area contributed by atoms with Gasteiger partial charge in [-0.15, -0.1) is 0 Å². The molecule has 0 saturated carbocycles. The van der Waals surface area contributed by atoms with E-state index in [0.29, 0.717) is 0 Å². The third kappa shape index (κ3) is 2.08. The Bertz CT molecular complexity index is 514. The van der Waals surface area contributed by atoms with Gasteiger partial charge in [-0.1, -0.05) is 0 Å². The van der Waals surface area contributed by atoms with E-state index in [4.69, 9.17) is 4.42 Å². The third-order valence-corrected chi connectivity index (χ3v) is 3.60. The van der Waals surface area contributed by atoms with Crippen LogP contribution in [-0.4, -0.2) is 31.2 Å². The van der Waals surface area contributed by atoms with Crippen molar-refractivity contribution < 1.29 is 4.42 Å². The van der Waals surface area contributed by atoms with Gasteiger partial charge in [0.05, 0.1) is 0 Å². The summed E-state index contributed by atoms with van der Waals surface area (Å²) in [7, 11) is 0. The smallest absolute Gasteiger partial charge is 0.298 e. The minimum Gasteiger partial charge on any atom is -0.423 e. The van der Waals surface area contributed by atoms with Gasteiger partial charge in [0.15, 0.2) is 5.58 Å². The normalized spacial score (nSPS) is 17.1. The summed E-state index contributed by atoms with van der Waals surface area (Å²) >= 11 is 0. The lowest BCUT2D eigenvalue weighted by atomic mass is 10.1. The van der Waals surface area contributed by atoms with Crippen molar-refractivity contribution in [3.8, 4) is 0 Å². The Morgan fingerprint density at radius 3 is 2.89 bits per heavy atom. The molecular formula is C14H19N3O. The average molecular weight is 245 g/mol. The molecule has 0 aliphatic carbocycles. The highest BCUT2D eigenvalue weighted by Crippen LogP contribution is 2.25. The van der Waals surface area contributed by atoms with Crippen molar-refractivity contribution in [3.05, 3.63) is 23.3 Å². The SMILES string of the molecule is Cc1cc2nc(N3CCCNCC3)oc2cc1C. The van der Waals surface area contributed by atoms with E-state index in [1.807, 2.05) is 0 Å². The van der Waals surface area contributed by atoms with Crippen molar-refractivity contribution in [2.75, 3.05) is 31.1 Å². The molecule has 0 bridgehead atoms. The second-order valence-corrected chi connectivity index (χ2v) is 4.99. The number of benzene rings is 1. The molecule has 2 aromatic rings. The number of oxazole rings is 1. The number of hydrogen-bond donors (Lipinski definition) is 1. The molecule has 1 aliphatic heterocycles. The summed E-state index contributed by atoms with van der Waals surface area (Å²) in [4.78, 5) is 6.84. The van der Waals surface area contributed by atoms with Gasteiger partial charge in [0.25, 0.3) is 6.01 Å². The fraction of sp³-hybridized carbons (Fsp3) is 0.500. The Hall–Kier alpha value is -1.55. The summed E-state index contributed by atoms with van der Waals surface area (Å²) in [6, 6.07) is 4.95. The van der Waals surface area contributed by atoms with E-state index in [9.17, 15) is 0 Å². The number of aromatic nitrogens is 1. The van der Waals surface area contributed by atoms with Crippen LogP contribution in [0.25, 0.3) is 11.1 Å². The van der Waals surface area contributed by atoms with E-state index in [1.165, 1.54) is 11.1 Å². The van der Waals surface area contributed by atoms with E-state index >= 15 is 0 Å². The molecule has 0 atom stereocenters. The quantitative estimate of drug-likeness (QED) is 0.836. The number of rotatable bonds is 1. The number of aryl methyl sites for hydroxylation is 2. The van der Waals surface area contributed by atoms with E-state index < -0.39 is 0 Å². The van der Waals surface area contributed by atoms with Gasteiger partial charge in [-0.3, -0.25) is 0 Å². The lowest BCUT2D eigenvalue weighted by Gasteiger charge is -2.16. The Morgan fingerprint density at radius 2 is 2.00 bits per heavy atom. The second kappa shape index (κ2) is 4.61. The lowest BCUT2D eigenvalue weighted by molar-refractivity contribution is 0.570. The van der Waals surface area contributed by atoms with Crippen LogP contribution in [0.3, 0.4) is 0 Å². The van der Waals surface area contributed by atoms with Crippen molar-refractivity contribution >= 4 is 17.1 Å². The van der Waals surface area contributed by atoms with Gasteiger partial charge < -0.3 is 14.6 Å². The van der Waals surface area contributed by atoms with Gasteiger partial charge in [0.1, 0.15) is 5.52 Å². The molecular weight excluding hydrogens is 226 g/mol. The maximum atomic E-state index is 5.89. The van der Waals surface area contributed by atoms with Gasteiger partial charge in [0.2, 0.25) is 0 Å². The summed E-state index contributed by atoms with van der Waals surface area (Å²) < 4.78 is 5.89. The molecule has 96 valence electrons. The monoisotopic (exact) mass is 245 g/mol. The molecule has 1 aromatic heterocycles. The predicted octanol–water partition coefficient (Wildman–Crippen LogP) is 2.24. The first-order chi connectivity index (χ1) is 8.74. The fourth-order valence-corrected chi connectivity index (χ4v) is 2.34. The zero-order valence-electron chi connectivity index (χ0n) is 11.0. The van der Waals surface area contributed by atoms with E-state index in [-0.39, 0.29) is 0 Å². The molecule has 3 rings (SSSR count). The summed E-state index contributed by atoms with van der Waals surface area (Å²) in [5.74, 6) is 0. The van der Waals surface area contributed by atoms with Crippen molar-refractivity contribution in [3.63, 3.8) is 0 Å². The summed E-state index contributed by atoms with van der Waals surface area (Å²) in [6.45, 7) is 8.26. The fourth-order valence-electron chi connectivity index (χ4n) is 2.34. The molecule has 1 aromatic carbocycles. The van der Waals surface area contributed by atoms with Crippen LogP contribution in [0.1, 0.15) is 17.5 Å². The minimum atomic E-state index is 0.763. The van der Waals surface area contributed by atoms with E-state index in [0.717, 1.165) is 49.7 Å². The van der Waals surface area contributed by atoms with Crippen LogP contribution in [0.4, 0.5) is 6.01 Å². The Labute approximate surface area is 107 Å². The molecule has 0 spiro atoms. The molecule has 0 radical (unpaired) electrons. The Morgan fingerprint density at radius 1 is 1.17 bits per heavy atom. The summed E-state index contributed by atoms with van der Waals surface area (Å²) in [5.41, 5.74) is 4.37. The van der Waals surface area contributed by atoms with E-state index in [1.54, 1.807) is 0 Å². The van der Waals surface area contributed by atoms with Crippen molar-refractivity contribution in [1.82, 2.24) is 10.3 Å². The van der Waals surface area contributed by atoms with E-state index in [2.05, 4.69) is 41.2 Å². The molecule has 1 aliphatic rings. The van der Waals surface area contributed by atoms with Gasteiger partial charge in [0, 0.05) is 19.6 Å². The minimum absolute atomic E-state index is 0.763. The topological polar surface area (TPSA) is 41.3 Å². The maximum Gasteiger partial charge on any atom is 0.298 e. The molecule has 18 heavy (non-hydrogen) atoms. The standard InChI is InChI=1S/C14H19N3O/c1-10-8-12-13(9-11(10)2)18-14(16-12)17-6-3-4-15-5-7-17/h8-9,15H,3-7H2,1-2H3. The zero-order chi connectivity index (χ0) is 12.5. The van der Waals surface area contributed by atoms with Crippen LogP contribution < -0.4 is 10.2 Å². The first-order valence-corrected chi connectivity index (χ1v) is 6.57. The first-order valence-electron chi connectivity index (χ1n) is 6.57. The van der Waals surface area contributed by atoms with Crippen molar-refractivity contribution in [2.45, 2.75) is 20.3 Å². The molecule has 1 fully saturated rings. The van der Waals surface area contributed by atoms with Crippen LogP contribution in [0, 0.1) is 13.8 Å². The van der Waals surface area contributed by atoms with Crippen LogP contribution in [0.2, 0.25) is 0 Å². The largest absolute Gasteiger partial charge is 0.423 e. The molecule has 4 heteroatoms. The highest BCUT2D eigenvalue weighted by Gasteiger charge is 2.15. The molecule has 1 N–H and O–H groups in total. The Kier molecular flexibility index (Phi) is 2.96. The van der Waals surface area contributed by atoms with Crippen LogP contribution >= 0.6 is 0 Å². The second-order valence-electron chi connectivity index (χ2n) is 4.99. The molecule has 2 heterocycles. The van der Waals surface area contributed by atoms with Gasteiger partial charge in [-0.05, 0) is 50.1 Å². The Balaban J connectivity index is 1.96. The summed E-state index contributed by atoms with van der Waals surface area (Å²) in [5, 5.41) is 3.39. The summed E-state index contributed by atoms with van der Waals surface area (Å²) in [6.07, 6.45) is 1.14. The lowest BCUT2D eigenvalue weighted by Crippen LogP contribution is -2.27. The molecule has 0 amide bonds. The van der Waals surface area contributed by atoms with Crippen molar-refractivity contribution in [2.24, 2.45) is 0 Å². The molecule has 0 unspecified atom stereocenters. The van der Waals surface area contributed by atoms with Crippen molar-refractivity contribution in [1.29, 1.82) is 0 Å². The molecule has 1 saturated heterocycles. The maximum absolute atomic E-state index is 5.89. The number of fused-ring (bicyclic) bond motifs is 1. The average Bonchev–Trinajstić information content (AvgIpc) is 2.60. The van der Waals surface area contributed by atoms with Crippen LogP contribution in [-0.2, 0) is 0 Å². The van der Waals surface area contributed by atoms with Crippen LogP contribution in [0.5, 0.6) is 0 Å². The third-order valence-electron chi connectivity index (χ3n) is 3.60.